The Labute approximate surface area is 204 Å². The molecule has 0 bridgehead atoms. The van der Waals surface area contributed by atoms with Crippen LogP contribution in [0.2, 0.25) is 0 Å². The van der Waals surface area contributed by atoms with Crippen LogP contribution in [-0.2, 0) is 9.53 Å². The van der Waals surface area contributed by atoms with E-state index >= 15 is 0 Å². The number of halogens is 3. The maximum atomic E-state index is 12.6. The zero-order chi connectivity index (χ0) is 25.7. The third-order valence-electron chi connectivity index (χ3n) is 5.11. The molecule has 4 aromatic rings. The van der Waals surface area contributed by atoms with E-state index in [0.29, 0.717) is 39.2 Å². The molecule has 188 valence electrons. The van der Waals surface area contributed by atoms with Gasteiger partial charge < -0.3 is 18.9 Å². The van der Waals surface area contributed by atoms with Crippen molar-refractivity contribution in [3.8, 4) is 17.2 Å². The topological polar surface area (TPSA) is 95.6 Å². The maximum absolute atomic E-state index is 12.6. The predicted octanol–water partition coefficient (Wildman–Crippen LogP) is 5.28. The number of aryl methyl sites for hydroxylation is 1. The van der Waals surface area contributed by atoms with E-state index in [-0.39, 0.29) is 19.0 Å². The van der Waals surface area contributed by atoms with E-state index in [1.807, 2.05) is 0 Å². The van der Waals surface area contributed by atoms with Crippen LogP contribution in [0.15, 0.2) is 60.9 Å². The molecule has 0 aliphatic carbocycles. The zero-order valence-corrected chi connectivity index (χ0v) is 19.3. The van der Waals surface area contributed by atoms with Crippen molar-refractivity contribution in [3.63, 3.8) is 0 Å². The Morgan fingerprint density at radius 1 is 1.08 bits per heavy atom. The van der Waals surface area contributed by atoms with Crippen LogP contribution < -0.4 is 14.2 Å². The Balaban J connectivity index is 1.62. The number of carbonyl (C=O) groups excluding carboxylic acids is 1. The minimum absolute atomic E-state index is 0.225. The minimum atomic E-state index is -4.79. The average molecular weight is 501 g/mol. The average Bonchev–Trinajstić information content (AvgIpc) is 3.26. The third-order valence-corrected chi connectivity index (χ3v) is 5.11. The monoisotopic (exact) mass is 501 g/mol. The number of ether oxygens (including phenoxy) is 4. The quantitative estimate of drug-likeness (QED) is 0.312. The minimum Gasteiger partial charge on any atom is -0.482 e. The highest BCUT2D eigenvalue weighted by Gasteiger charge is 2.31. The van der Waals surface area contributed by atoms with Crippen LogP contribution >= 0.6 is 0 Å². The molecule has 0 aliphatic rings. The van der Waals surface area contributed by atoms with Gasteiger partial charge in [0.15, 0.2) is 12.7 Å². The number of fused-ring (bicyclic) bond motifs is 1. The summed E-state index contributed by atoms with van der Waals surface area (Å²) in [5, 5.41) is 7.93. The van der Waals surface area contributed by atoms with Crippen molar-refractivity contribution in [1.82, 2.24) is 15.2 Å². The molecule has 0 amide bonds. The molecule has 8 nitrogen and oxygen atoms in total. The van der Waals surface area contributed by atoms with E-state index < -0.39 is 18.4 Å². The maximum Gasteiger partial charge on any atom is 0.573 e. The zero-order valence-electron chi connectivity index (χ0n) is 19.3. The fraction of sp³-hybridized carbons (Fsp3) is 0.240. The number of hydrogen-bond donors (Lipinski definition) is 1. The molecule has 0 fully saturated rings. The summed E-state index contributed by atoms with van der Waals surface area (Å²) >= 11 is 0. The number of pyridine rings is 1. The van der Waals surface area contributed by atoms with Crippen LogP contribution in [0.1, 0.15) is 29.8 Å². The van der Waals surface area contributed by atoms with Gasteiger partial charge in [-0.15, -0.1) is 13.2 Å². The molecule has 0 aliphatic heterocycles. The van der Waals surface area contributed by atoms with Gasteiger partial charge in [0.1, 0.15) is 17.2 Å². The van der Waals surface area contributed by atoms with E-state index in [1.54, 1.807) is 50.5 Å². The molecular weight excluding hydrogens is 479 g/mol. The van der Waals surface area contributed by atoms with Gasteiger partial charge in [-0.25, -0.2) is 4.79 Å². The second kappa shape index (κ2) is 10.5. The van der Waals surface area contributed by atoms with E-state index in [4.69, 9.17) is 14.2 Å². The van der Waals surface area contributed by atoms with Crippen molar-refractivity contribution >= 4 is 16.9 Å². The van der Waals surface area contributed by atoms with E-state index in [9.17, 15) is 18.0 Å². The van der Waals surface area contributed by atoms with Crippen molar-refractivity contribution in [2.45, 2.75) is 26.3 Å². The van der Waals surface area contributed by atoms with Gasteiger partial charge in [0, 0.05) is 17.8 Å². The first-order valence-electron chi connectivity index (χ1n) is 10.9. The highest BCUT2D eigenvalue weighted by atomic mass is 19.4. The standard InChI is InChI=1S/C25H22F3N3O5/c1-3-33-22(32)14-34-21-9-8-18(12-15(21)2)35-24(23-19-13-29-11-10-20(19)30-31-23)16-4-6-17(7-5-16)36-25(26,27)28/h4-13,24H,3,14H2,1-2H3,(H,30,31). The van der Waals surface area contributed by atoms with Gasteiger partial charge in [0.05, 0.1) is 17.8 Å². The first-order valence-corrected chi connectivity index (χ1v) is 10.9. The van der Waals surface area contributed by atoms with E-state index in [0.717, 1.165) is 0 Å². The normalized spacial score (nSPS) is 12.2. The highest BCUT2D eigenvalue weighted by Crippen LogP contribution is 2.34. The molecule has 0 radical (unpaired) electrons. The number of alkyl halides is 3. The van der Waals surface area contributed by atoms with E-state index in [1.165, 1.54) is 24.3 Å². The lowest BCUT2D eigenvalue weighted by Gasteiger charge is -2.20. The lowest BCUT2D eigenvalue weighted by molar-refractivity contribution is -0.274. The van der Waals surface area contributed by atoms with Crippen molar-refractivity contribution in [2.24, 2.45) is 0 Å². The predicted molar refractivity (Wildman–Crippen MR) is 123 cm³/mol. The Morgan fingerprint density at radius 2 is 1.83 bits per heavy atom. The van der Waals surface area contributed by atoms with Crippen molar-refractivity contribution in [2.75, 3.05) is 13.2 Å². The summed E-state index contributed by atoms with van der Waals surface area (Å²) in [5.41, 5.74) is 2.49. The molecular formula is C25H22F3N3O5. The summed E-state index contributed by atoms with van der Waals surface area (Å²) in [6, 6.07) is 12.2. The number of H-pyrrole nitrogens is 1. The molecule has 11 heteroatoms. The van der Waals surface area contributed by atoms with Gasteiger partial charge in [-0.1, -0.05) is 12.1 Å². The molecule has 0 saturated carbocycles. The SMILES string of the molecule is CCOC(=O)COc1ccc(OC(c2ccc(OC(F)(F)F)cc2)c2[nH]nc3ccncc23)cc1C. The molecule has 36 heavy (non-hydrogen) atoms. The van der Waals surface area contributed by atoms with Crippen LogP contribution in [0.5, 0.6) is 17.2 Å². The van der Waals surface area contributed by atoms with E-state index in [2.05, 4.69) is 19.9 Å². The number of aromatic amines is 1. The summed E-state index contributed by atoms with van der Waals surface area (Å²) in [7, 11) is 0. The number of carbonyl (C=O) groups is 1. The molecule has 0 spiro atoms. The molecule has 2 aromatic heterocycles. The molecule has 4 rings (SSSR count). The number of benzene rings is 2. The molecule has 1 atom stereocenters. The number of esters is 1. The largest absolute Gasteiger partial charge is 0.573 e. The van der Waals surface area contributed by atoms with Crippen LogP contribution in [0, 0.1) is 6.92 Å². The Kier molecular flexibility index (Phi) is 7.28. The smallest absolute Gasteiger partial charge is 0.482 e. The number of nitrogens with one attached hydrogen (secondary N) is 1. The molecule has 2 heterocycles. The number of hydrogen-bond acceptors (Lipinski definition) is 7. The second-order valence-electron chi connectivity index (χ2n) is 7.67. The molecule has 0 saturated heterocycles. The first kappa shape index (κ1) is 24.8. The third kappa shape index (κ3) is 6.04. The second-order valence-corrected chi connectivity index (χ2v) is 7.67. The Bertz CT molecular complexity index is 1340. The summed E-state index contributed by atoms with van der Waals surface area (Å²) in [5.74, 6) is 0.120. The first-order chi connectivity index (χ1) is 17.2. The number of aromatic nitrogens is 3. The van der Waals surface area contributed by atoms with Crippen molar-refractivity contribution in [3.05, 3.63) is 77.7 Å². The van der Waals surface area contributed by atoms with Gasteiger partial charge in [0.2, 0.25) is 0 Å². The lowest BCUT2D eigenvalue weighted by atomic mass is 10.0. The summed E-state index contributed by atoms with van der Waals surface area (Å²) < 4.78 is 58.4. The van der Waals surface area contributed by atoms with Crippen LogP contribution in [0.3, 0.4) is 0 Å². The van der Waals surface area contributed by atoms with Crippen LogP contribution in [-0.4, -0.2) is 40.7 Å². The van der Waals surface area contributed by atoms with Crippen LogP contribution in [0.4, 0.5) is 13.2 Å². The van der Waals surface area contributed by atoms with Crippen LogP contribution in [0.25, 0.3) is 10.9 Å². The molecule has 1 unspecified atom stereocenters. The fourth-order valence-corrected chi connectivity index (χ4v) is 3.54. The summed E-state index contributed by atoms with van der Waals surface area (Å²) in [6.07, 6.45) is -2.32. The Morgan fingerprint density at radius 3 is 2.53 bits per heavy atom. The highest BCUT2D eigenvalue weighted by molar-refractivity contribution is 5.81. The van der Waals surface area contributed by atoms with Gasteiger partial charge >= 0.3 is 12.3 Å². The number of rotatable bonds is 9. The molecule has 2 aromatic carbocycles. The number of nitrogens with zero attached hydrogens (tertiary/aromatic N) is 2. The fourth-order valence-electron chi connectivity index (χ4n) is 3.54. The van der Waals surface area contributed by atoms with Gasteiger partial charge in [-0.05, 0) is 61.4 Å². The van der Waals surface area contributed by atoms with Crippen molar-refractivity contribution < 1.29 is 36.9 Å². The summed E-state index contributed by atoms with van der Waals surface area (Å²) in [6.45, 7) is 3.54. The van der Waals surface area contributed by atoms with Crippen molar-refractivity contribution in [1.29, 1.82) is 0 Å². The summed E-state index contributed by atoms with van der Waals surface area (Å²) in [4.78, 5) is 15.7. The lowest BCUT2D eigenvalue weighted by Crippen LogP contribution is -2.17. The Hall–Kier alpha value is -4.28. The molecule has 1 N–H and O–H groups in total. The van der Waals surface area contributed by atoms with Gasteiger partial charge in [-0.2, -0.15) is 5.10 Å². The van der Waals surface area contributed by atoms with Gasteiger partial charge in [0.25, 0.3) is 0 Å². The van der Waals surface area contributed by atoms with Gasteiger partial charge in [-0.3, -0.25) is 10.1 Å².